The van der Waals surface area contributed by atoms with Gasteiger partial charge in [0, 0.05) is 36.5 Å². The molecule has 1 aliphatic carbocycles. The van der Waals surface area contributed by atoms with E-state index in [0.717, 1.165) is 12.8 Å². The highest BCUT2D eigenvalue weighted by molar-refractivity contribution is 9.10. The number of hydrogen-bond acceptors (Lipinski definition) is 6. The van der Waals surface area contributed by atoms with Crippen LogP contribution in [0.4, 0.5) is 11.5 Å². The fourth-order valence-electron chi connectivity index (χ4n) is 3.52. The van der Waals surface area contributed by atoms with Gasteiger partial charge in [-0.2, -0.15) is 0 Å². The number of pyridine rings is 1. The predicted molar refractivity (Wildman–Crippen MR) is 121 cm³/mol. The molecule has 0 radical (unpaired) electrons. The molecule has 2 amide bonds. The van der Waals surface area contributed by atoms with Crippen LogP contribution in [-0.2, 0) is 19.1 Å². The number of carbonyl (C=O) groups is 3. The third-order valence-corrected chi connectivity index (χ3v) is 5.42. The second-order valence-electron chi connectivity index (χ2n) is 7.45. The van der Waals surface area contributed by atoms with Gasteiger partial charge in [-0.3, -0.25) is 9.59 Å². The maximum atomic E-state index is 11.9. The Kier molecular flexibility index (Phi) is 9.00. The first kappa shape index (κ1) is 24.8. The summed E-state index contributed by atoms with van der Waals surface area (Å²) in [5.41, 5.74) is 0.626. The van der Waals surface area contributed by atoms with Crippen molar-refractivity contribution in [3.05, 3.63) is 28.4 Å². The average molecular weight is 497 g/mol. The molecule has 9 nitrogen and oxygen atoms in total. The van der Waals surface area contributed by atoms with E-state index in [9.17, 15) is 19.5 Å². The molecule has 1 heterocycles. The molecule has 0 spiro atoms. The van der Waals surface area contributed by atoms with Crippen molar-refractivity contribution in [1.29, 1.82) is 0 Å². The van der Waals surface area contributed by atoms with E-state index in [2.05, 4.69) is 36.9 Å². The topological polar surface area (TPSA) is 130 Å². The molecule has 0 aromatic carbocycles. The molecule has 170 valence electrons. The number of carboxylic acids is 1. The summed E-state index contributed by atoms with van der Waals surface area (Å²) in [7, 11) is 0. The molecule has 31 heavy (non-hydrogen) atoms. The monoisotopic (exact) mass is 496 g/mol. The molecule has 0 fully saturated rings. The smallest absolute Gasteiger partial charge is 0.331 e. The van der Waals surface area contributed by atoms with Crippen LogP contribution in [0.1, 0.15) is 47.0 Å². The first-order valence-electron chi connectivity index (χ1n) is 10.2. The van der Waals surface area contributed by atoms with E-state index in [1.165, 1.54) is 13.8 Å². The van der Waals surface area contributed by atoms with Crippen LogP contribution in [0.3, 0.4) is 0 Å². The fraction of sp³-hybridized carbons (Fsp3) is 0.524. The van der Waals surface area contributed by atoms with Crippen LogP contribution in [0.2, 0.25) is 0 Å². The summed E-state index contributed by atoms with van der Waals surface area (Å²) in [6.07, 6.45) is 4.08. The number of carbonyl (C=O) groups excluding carboxylic acids is 2. The van der Waals surface area contributed by atoms with Crippen LogP contribution in [0.15, 0.2) is 28.4 Å². The highest BCUT2D eigenvalue weighted by atomic mass is 79.9. The molecule has 10 heteroatoms. The van der Waals surface area contributed by atoms with Crippen LogP contribution in [0.25, 0.3) is 0 Å². The Labute approximate surface area is 190 Å². The van der Waals surface area contributed by atoms with Crippen molar-refractivity contribution in [3.63, 3.8) is 0 Å². The van der Waals surface area contributed by atoms with Crippen LogP contribution < -0.4 is 16.0 Å². The minimum Gasteiger partial charge on any atom is -0.478 e. The molecular weight excluding hydrogens is 468 g/mol. The number of aliphatic carboxylic acids is 1. The summed E-state index contributed by atoms with van der Waals surface area (Å²) >= 11 is 3.33. The van der Waals surface area contributed by atoms with Gasteiger partial charge in [-0.15, -0.1) is 0 Å². The van der Waals surface area contributed by atoms with Gasteiger partial charge < -0.3 is 25.8 Å². The number of nitrogens with zero attached hydrogens (tertiary/aromatic N) is 1. The highest BCUT2D eigenvalue weighted by Gasteiger charge is 2.38. The zero-order chi connectivity index (χ0) is 23.1. The molecule has 0 saturated heterocycles. The molecule has 1 aromatic rings. The van der Waals surface area contributed by atoms with Crippen LogP contribution in [-0.4, -0.2) is 52.2 Å². The summed E-state index contributed by atoms with van der Waals surface area (Å²) in [6, 6.07) is 0.636. The number of ether oxygens (including phenoxy) is 1. The van der Waals surface area contributed by atoms with E-state index in [-0.39, 0.29) is 29.9 Å². The van der Waals surface area contributed by atoms with Gasteiger partial charge in [-0.05, 0) is 40.9 Å². The Morgan fingerprint density at radius 3 is 2.48 bits per heavy atom. The van der Waals surface area contributed by atoms with E-state index in [0.29, 0.717) is 16.0 Å². The maximum absolute atomic E-state index is 11.9. The lowest BCUT2D eigenvalue weighted by Crippen LogP contribution is -2.56. The number of rotatable bonds is 9. The molecule has 1 aliphatic rings. The van der Waals surface area contributed by atoms with Gasteiger partial charge in [-0.25, -0.2) is 9.78 Å². The van der Waals surface area contributed by atoms with E-state index in [4.69, 9.17) is 4.74 Å². The fourth-order valence-corrected chi connectivity index (χ4v) is 3.85. The Morgan fingerprint density at radius 1 is 1.26 bits per heavy atom. The first-order chi connectivity index (χ1) is 14.6. The second kappa shape index (κ2) is 11.2. The van der Waals surface area contributed by atoms with Crippen LogP contribution in [0, 0.1) is 0 Å². The molecule has 0 aliphatic heterocycles. The molecule has 0 unspecified atom stereocenters. The quantitative estimate of drug-likeness (QED) is 0.413. The number of halogens is 1. The zero-order valence-electron chi connectivity index (χ0n) is 18.1. The summed E-state index contributed by atoms with van der Waals surface area (Å²) in [5.74, 6) is -1.21. The van der Waals surface area contributed by atoms with Gasteiger partial charge in [0.15, 0.2) is 0 Å². The van der Waals surface area contributed by atoms with E-state index < -0.39 is 24.2 Å². The first-order valence-corrected chi connectivity index (χ1v) is 11.0. The summed E-state index contributed by atoms with van der Waals surface area (Å²) in [5, 5.41) is 18.5. The van der Waals surface area contributed by atoms with Crippen LogP contribution in [0.5, 0.6) is 0 Å². The molecular formula is C21H29BrN4O5. The summed E-state index contributed by atoms with van der Waals surface area (Å²) in [4.78, 5) is 39.7. The number of carboxylic acid groups (broad SMARTS) is 1. The van der Waals surface area contributed by atoms with E-state index in [1.54, 1.807) is 18.3 Å². The Hall–Kier alpha value is -2.46. The number of anilines is 2. The number of hydrogen-bond donors (Lipinski definition) is 4. The van der Waals surface area contributed by atoms with Gasteiger partial charge in [0.1, 0.15) is 5.82 Å². The summed E-state index contributed by atoms with van der Waals surface area (Å²) in [6.45, 7) is 6.78. The Morgan fingerprint density at radius 2 is 1.94 bits per heavy atom. The SMILES string of the molecule is CCC(CC)O[C@@H]1C=C(C(=O)O)C[C@H](Nc2ncc(Br)cc2NC(C)=O)[C@H]1NC(C)=O. The normalized spacial score (nSPS) is 20.7. The molecule has 0 saturated carbocycles. The van der Waals surface area contributed by atoms with Gasteiger partial charge in [0.05, 0.1) is 30.0 Å². The summed E-state index contributed by atoms with van der Waals surface area (Å²) < 4.78 is 6.84. The zero-order valence-corrected chi connectivity index (χ0v) is 19.7. The maximum Gasteiger partial charge on any atom is 0.331 e. The van der Waals surface area contributed by atoms with Gasteiger partial charge in [0.2, 0.25) is 11.8 Å². The minimum atomic E-state index is -1.04. The van der Waals surface area contributed by atoms with Crippen molar-refractivity contribution in [3.8, 4) is 0 Å². The predicted octanol–water partition coefficient (Wildman–Crippen LogP) is 3.08. The molecule has 3 atom stereocenters. The minimum absolute atomic E-state index is 0.0768. The van der Waals surface area contributed by atoms with Crippen molar-refractivity contribution < 1.29 is 24.2 Å². The lowest BCUT2D eigenvalue weighted by atomic mass is 9.87. The lowest BCUT2D eigenvalue weighted by molar-refractivity contribution is -0.133. The third kappa shape index (κ3) is 7.03. The van der Waals surface area contributed by atoms with Crippen molar-refractivity contribution in [1.82, 2.24) is 10.3 Å². The van der Waals surface area contributed by atoms with Crippen LogP contribution >= 0.6 is 15.9 Å². The van der Waals surface area contributed by atoms with E-state index in [1.807, 2.05) is 13.8 Å². The van der Waals surface area contributed by atoms with Gasteiger partial charge in [-0.1, -0.05) is 13.8 Å². The second-order valence-corrected chi connectivity index (χ2v) is 8.36. The van der Waals surface area contributed by atoms with Crippen molar-refractivity contribution >= 4 is 45.2 Å². The Bertz CT molecular complexity index is 856. The average Bonchev–Trinajstić information content (AvgIpc) is 2.68. The molecule has 2 rings (SSSR count). The molecule has 4 N–H and O–H groups in total. The largest absolute Gasteiger partial charge is 0.478 e. The van der Waals surface area contributed by atoms with E-state index >= 15 is 0 Å². The number of nitrogens with one attached hydrogen (secondary N) is 3. The lowest BCUT2D eigenvalue weighted by Gasteiger charge is -2.38. The number of amides is 2. The molecule has 0 bridgehead atoms. The third-order valence-electron chi connectivity index (χ3n) is 4.98. The van der Waals surface area contributed by atoms with Crippen molar-refractivity contribution in [2.45, 2.75) is 71.2 Å². The Balaban J connectivity index is 2.43. The highest BCUT2D eigenvalue weighted by Crippen LogP contribution is 2.30. The van der Waals surface area contributed by atoms with Crippen molar-refractivity contribution in [2.75, 3.05) is 10.6 Å². The van der Waals surface area contributed by atoms with Crippen molar-refractivity contribution in [2.24, 2.45) is 0 Å². The van der Waals surface area contributed by atoms with Gasteiger partial charge in [0.25, 0.3) is 0 Å². The standard InChI is InChI=1S/C21H29BrN4O5/c1-5-15(6-2)31-18-8-13(21(29)30)7-16(19(18)25-12(4)28)26-20-17(24-11(3)27)9-14(22)10-23-20/h8-10,15-16,18-19H,5-7H2,1-4H3,(H,23,26)(H,24,27)(H,25,28)(H,29,30)/t16-,18+,19+/m0/s1. The number of aromatic nitrogens is 1. The molecule has 1 aromatic heterocycles. The van der Waals surface area contributed by atoms with Gasteiger partial charge >= 0.3 is 5.97 Å².